The molecular formula is C11H10F4O5S. The van der Waals surface area contributed by atoms with Crippen molar-refractivity contribution in [3.05, 3.63) is 29.6 Å². The lowest BCUT2D eigenvalue weighted by Gasteiger charge is -2.10. The Labute approximate surface area is 117 Å². The van der Waals surface area contributed by atoms with E-state index in [9.17, 15) is 30.8 Å². The molecule has 1 rings (SSSR count). The van der Waals surface area contributed by atoms with Crippen molar-refractivity contribution in [2.24, 2.45) is 0 Å². The predicted octanol–water partition coefficient (Wildman–Crippen LogP) is 2.16. The Morgan fingerprint density at radius 3 is 2.38 bits per heavy atom. The van der Waals surface area contributed by atoms with E-state index in [1.807, 2.05) is 0 Å². The molecule has 0 fully saturated rings. The highest BCUT2D eigenvalue weighted by Crippen LogP contribution is 2.28. The van der Waals surface area contributed by atoms with Crippen molar-refractivity contribution in [3.8, 4) is 5.75 Å². The van der Waals surface area contributed by atoms with Gasteiger partial charge in [-0.1, -0.05) is 0 Å². The maximum absolute atomic E-state index is 13.2. The molecule has 21 heavy (non-hydrogen) atoms. The summed E-state index contributed by atoms with van der Waals surface area (Å²) in [6.45, 7) is 1.01. The number of halogens is 4. The maximum Gasteiger partial charge on any atom is 0.534 e. The molecule has 5 nitrogen and oxygen atoms in total. The molecule has 0 saturated carbocycles. The molecule has 118 valence electrons. The van der Waals surface area contributed by atoms with Crippen LogP contribution in [0.15, 0.2) is 18.2 Å². The van der Waals surface area contributed by atoms with Crippen LogP contribution in [0.3, 0.4) is 0 Å². The van der Waals surface area contributed by atoms with E-state index in [2.05, 4.69) is 8.92 Å². The number of esters is 1. The Bertz CT molecular complexity index is 624. The fourth-order valence-corrected chi connectivity index (χ4v) is 1.74. The Hall–Kier alpha value is -1.84. The summed E-state index contributed by atoms with van der Waals surface area (Å²) in [4.78, 5) is 10.5. The Morgan fingerprint density at radius 2 is 1.86 bits per heavy atom. The normalized spacial score (nSPS) is 12.0. The summed E-state index contributed by atoms with van der Waals surface area (Å²) in [7, 11) is -5.87. The van der Waals surface area contributed by atoms with Gasteiger partial charge in [0.2, 0.25) is 0 Å². The molecule has 1 aromatic carbocycles. The number of carbonyl (C=O) groups is 1. The zero-order valence-electron chi connectivity index (χ0n) is 10.6. The minimum absolute atomic E-state index is 0.0141. The molecule has 0 radical (unpaired) electrons. The third-order valence-electron chi connectivity index (χ3n) is 2.12. The topological polar surface area (TPSA) is 69.7 Å². The maximum atomic E-state index is 13.2. The van der Waals surface area contributed by atoms with Gasteiger partial charge in [0.05, 0.1) is 6.61 Å². The molecule has 0 heterocycles. The molecule has 0 atom stereocenters. The monoisotopic (exact) mass is 330 g/mol. The lowest BCUT2D eigenvalue weighted by atomic mass is 10.1. The summed E-state index contributed by atoms with van der Waals surface area (Å²) in [6, 6.07) is 2.37. The largest absolute Gasteiger partial charge is 0.534 e. The molecule has 1 aromatic rings. The van der Waals surface area contributed by atoms with E-state index in [1.54, 1.807) is 0 Å². The van der Waals surface area contributed by atoms with Crippen LogP contribution in [-0.4, -0.2) is 26.5 Å². The average molecular weight is 330 g/mol. The summed E-state index contributed by atoms with van der Waals surface area (Å²) in [5.41, 5.74) is -5.50. The molecular weight excluding hydrogens is 320 g/mol. The zero-order valence-corrected chi connectivity index (χ0v) is 11.4. The Balaban J connectivity index is 2.90. The molecule has 0 spiro atoms. The molecule has 0 aliphatic carbocycles. The Kier molecular flexibility index (Phi) is 5.15. The first-order chi connectivity index (χ1) is 9.51. The first kappa shape index (κ1) is 17.2. The van der Waals surface area contributed by atoms with Crippen LogP contribution in [0.25, 0.3) is 0 Å². The van der Waals surface area contributed by atoms with E-state index in [4.69, 9.17) is 0 Å². The smallest absolute Gasteiger partial charge is 0.466 e. The van der Waals surface area contributed by atoms with Crippen LogP contribution in [0.4, 0.5) is 17.6 Å². The molecule has 0 aliphatic heterocycles. The van der Waals surface area contributed by atoms with Crippen LogP contribution >= 0.6 is 0 Å². The van der Waals surface area contributed by atoms with Gasteiger partial charge in [0, 0.05) is 19.4 Å². The highest BCUT2D eigenvalue weighted by atomic mass is 32.2. The van der Waals surface area contributed by atoms with E-state index in [0.29, 0.717) is 6.07 Å². The number of hydrogen-bond acceptors (Lipinski definition) is 5. The van der Waals surface area contributed by atoms with Gasteiger partial charge in [-0.25, -0.2) is 4.39 Å². The molecule has 0 amide bonds. The standard InChI is InChI=1S/C11H10F4O5S/c1-7(16)19-3-2-8-4-9(12)6-10(5-8)20-21(17,18)11(13,14)15/h4-6H,2-3H2,1H3. The van der Waals surface area contributed by atoms with Crippen LogP contribution in [0.5, 0.6) is 5.75 Å². The molecule has 0 saturated heterocycles. The van der Waals surface area contributed by atoms with Gasteiger partial charge in [-0.15, -0.1) is 0 Å². The van der Waals surface area contributed by atoms with Gasteiger partial charge in [0.25, 0.3) is 0 Å². The Morgan fingerprint density at radius 1 is 1.24 bits per heavy atom. The van der Waals surface area contributed by atoms with Crippen molar-refractivity contribution in [2.75, 3.05) is 6.61 Å². The predicted molar refractivity (Wildman–Crippen MR) is 62.3 cm³/mol. The minimum Gasteiger partial charge on any atom is -0.466 e. The number of ether oxygens (including phenoxy) is 1. The highest BCUT2D eigenvalue weighted by Gasteiger charge is 2.48. The van der Waals surface area contributed by atoms with Crippen molar-refractivity contribution in [1.82, 2.24) is 0 Å². The summed E-state index contributed by atoms with van der Waals surface area (Å²) in [6.07, 6.45) is -0.0141. The van der Waals surface area contributed by atoms with Gasteiger partial charge in [0.1, 0.15) is 11.6 Å². The van der Waals surface area contributed by atoms with Crippen molar-refractivity contribution < 1.29 is 39.7 Å². The van der Waals surface area contributed by atoms with E-state index in [-0.39, 0.29) is 18.6 Å². The van der Waals surface area contributed by atoms with Gasteiger partial charge < -0.3 is 8.92 Å². The van der Waals surface area contributed by atoms with E-state index < -0.39 is 33.2 Å². The molecule has 0 unspecified atom stereocenters. The second kappa shape index (κ2) is 6.29. The minimum atomic E-state index is -5.87. The molecule has 0 aromatic heterocycles. The van der Waals surface area contributed by atoms with E-state index in [0.717, 1.165) is 19.1 Å². The second-order valence-corrected chi connectivity index (χ2v) is 5.41. The first-order valence-corrected chi connectivity index (χ1v) is 6.85. The zero-order chi connectivity index (χ0) is 16.3. The summed E-state index contributed by atoms with van der Waals surface area (Å²) in [5.74, 6) is -2.38. The van der Waals surface area contributed by atoms with Crippen LogP contribution in [0, 0.1) is 5.82 Å². The number of alkyl halides is 3. The van der Waals surface area contributed by atoms with Gasteiger partial charge in [-0.3, -0.25) is 4.79 Å². The molecule has 10 heteroatoms. The first-order valence-electron chi connectivity index (χ1n) is 5.45. The van der Waals surface area contributed by atoms with E-state index >= 15 is 0 Å². The van der Waals surface area contributed by atoms with Crippen molar-refractivity contribution >= 4 is 16.1 Å². The summed E-state index contributed by atoms with van der Waals surface area (Å²) >= 11 is 0. The fraction of sp³-hybridized carbons (Fsp3) is 0.364. The van der Waals surface area contributed by atoms with Crippen molar-refractivity contribution in [2.45, 2.75) is 18.9 Å². The van der Waals surface area contributed by atoms with Crippen molar-refractivity contribution in [3.63, 3.8) is 0 Å². The van der Waals surface area contributed by atoms with Crippen LogP contribution < -0.4 is 4.18 Å². The van der Waals surface area contributed by atoms with E-state index in [1.165, 1.54) is 0 Å². The lowest BCUT2D eigenvalue weighted by Crippen LogP contribution is -2.28. The number of hydrogen-bond donors (Lipinski definition) is 0. The summed E-state index contributed by atoms with van der Waals surface area (Å²) in [5, 5.41) is 0. The third kappa shape index (κ3) is 5.21. The summed E-state index contributed by atoms with van der Waals surface area (Å²) < 4.78 is 79.7. The highest BCUT2D eigenvalue weighted by molar-refractivity contribution is 7.87. The van der Waals surface area contributed by atoms with Gasteiger partial charge in [-0.2, -0.15) is 21.6 Å². The van der Waals surface area contributed by atoms with Crippen LogP contribution in [-0.2, 0) is 26.1 Å². The number of carbonyl (C=O) groups excluding carboxylic acids is 1. The van der Waals surface area contributed by atoms with Gasteiger partial charge in [0.15, 0.2) is 0 Å². The number of rotatable bonds is 5. The number of benzene rings is 1. The second-order valence-electron chi connectivity index (χ2n) is 3.87. The fourth-order valence-electron chi connectivity index (χ4n) is 1.30. The van der Waals surface area contributed by atoms with Crippen molar-refractivity contribution in [1.29, 1.82) is 0 Å². The molecule has 0 aliphatic rings. The van der Waals surface area contributed by atoms with Crippen LogP contribution in [0.1, 0.15) is 12.5 Å². The van der Waals surface area contributed by atoms with Crippen LogP contribution in [0.2, 0.25) is 0 Å². The van der Waals surface area contributed by atoms with Gasteiger partial charge in [-0.05, 0) is 17.7 Å². The molecule has 0 bridgehead atoms. The average Bonchev–Trinajstić information content (AvgIpc) is 2.25. The molecule has 0 N–H and O–H groups in total. The quantitative estimate of drug-likeness (QED) is 0.358. The lowest BCUT2D eigenvalue weighted by molar-refractivity contribution is -0.140. The third-order valence-corrected chi connectivity index (χ3v) is 3.10. The SMILES string of the molecule is CC(=O)OCCc1cc(F)cc(OS(=O)(=O)C(F)(F)F)c1. The van der Waals surface area contributed by atoms with Gasteiger partial charge >= 0.3 is 21.6 Å².